The predicted molar refractivity (Wildman–Crippen MR) is 38.4 cm³/mol. The van der Waals surface area contributed by atoms with Crippen molar-refractivity contribution >= 4 is 0 Å². The first-order valence-electron chi connectivity index (χ1n) is 3.56. The Morgan fingerprint density at radius 1 is 1.43 bits per heavy atom. The van der Waals surface area contributed by atoms with Gasteiger partial charge in [-0.15, -0.1) is 0 Å². The van der Waals surface area contributed by atoms with E-state index in [1.54, 1.807) is 0 Å². The minimum absolute atomic E-state index is 0.407. The molecule has 0 aromatic carbocycles. The number of hydrogen-bond donors (Lipinski definition) is 0. The van der Waals surface area contributed by atoms with Gasteiger partial charge in [0.05, 0.1) is 12.5 Å². The van der Waals surface area contributed by atoms with E-state index in [9.17, 15) is 17.6 Å². The fraction of sp³-hybridized carbons (Fsp3) is 0.250. The third-order valence-corrected chi connectivity index (χ3v) is 1.50. The van der Waals surface area contributed by atoms with Crippen molar-refractivity contribution in [2.45, 2.75) is 12.8 Å². The van der Waals surface area contributed by atoms with Crippen molar-refractivity contribution < 1.29 is 17.6 Å². The molecule has 1 rings (SSSR count). The van der Waals surface area contributed by atoms with E-state index in [2.05, 4.69) is 4.98 Å². The SMILES string of the molecule is N#CCc1cc(F)nc(C(F)F)c1F. The van der Waals surface area contributed by atoms with E-state index in [0.717, 1.165) is 0 Å². The van der Waals surface area contributed by atoms with Gasteiger partial charge in [-0.3, -0.25) is 0 Å². The quantitative estimate of drug-likeness (QED) is 0.547. The zero-order valence-electron chi connectivity index (χ0n) is 6.77. The summed E-state index contributed by atoms with van der Waals surface area (Å²) < 4.78 is 49.8. The monoisotopic (exact) mass is 204 g/mol. The third-order valence-electron chi connectivity index (χ3n) is 1.50. The molecule has 74 valence electrons. The first kappa shape index (κ1) is 10.4. The van der Waals surface area contributed by atoms with Crippen molar-refractivity contribution in [1.82, 2.24) is 4.98 Å². The van der Waals surface area contributed by atoms with E-state index >= 15 is 0 Å². The minimum atomic E-state index is -3.19. The van der Waals surface area contributed by atoms with E-state index in [0.29, 0.717) is 6.07 Å². The van der Waals surface area contributed by atoms with E-state index in [4.69, 9.17) is 5.26 Å². The van der Waals surface area contributed by atoms with Gasteiger partial charge < -0.3 is 0 Å². The number of hydrogen-bond acceptors (Lipinski definition) is 2. The molecule has 0 aliphatic heterocycles. The molecule has 0 bridgehead atoms. The molecule has 1 aromatic rings. The van der Waals surface area contributed by atoms with Gasteiger partial charge >= 0.3 is 0 Å². The number of rotatable bonds is 2. The molecule has 0 fully saturated rings. The van der Waals surface area contributed by atoms with E-state index in [-0.39, 0.29) is 0 Å². The zero-order valence-corrected chi connectivity index (χ0v) is 6.77. The lowest BCUT2D eigenvalue weighted by atomic mass is 10.1. The number of alkyl halides is 2. The van der Waals surface area contributed by atoms with Crippen LogP contribution >= 0.6 is 0 Å². The number of halogens is 4. The Bertz CT molecular complexity index is 384. The van der Waals surface area contributed by atoms with Gasteiger partial charge in [0.25, 0.3) is 6.43 Å². The summed E-state index contributed by atoms with van der Waals surface area (Å²) in [6.07, 6.45) is -3.66. The molecule has 0 unspecified atom stereocenters. The lowest BCUT2D eigenvalue weighted by molar-refractivity contribution is 0.139. The molecule has 0 N–H and O–H groups in total. The van der Waals surface area contributed by atoms with Crippen molar-refractivity contribution in [3.05, 3.63) is 29.1 Å². The van der Waals surface area contributed by atoms with Gasteiger partial charge in [-0.1, -0.05) is 0 Å². The molecular formula is C8H4F4N2. The summed E-state index contributed by atoms with van der Waals surface area (Å²) in [6, 6.07) is 2.17. The average Bonchev–Trinajstić information content (AvgIpc) is 2.10. The summed E-state index contributed by atoms with van der Waals surface area (Å²) in [4.78, 5) is 2.71. The zero-order chi connectivity index (χ0) is 10.7. The maximum absolute atomic E-state index is 13.0. The number of nitriles is 1. The van der Waals surface area contributed by atoms with E-state index < -0.39 is 35.9 Å². The normalized spacial score (nSPS) is 10.3. The molecular weight excluding hydrogens is 200 g/mol. The van der Waals surface area contributed by atoms with Crippen LogP contribution in [0.5, 0.6) is 0 Å². The number of nitrogens with zero attached hydrogens (tertiary/aromatic N) is 2. The summed E-state index contributed by atoms with van der Waals surface area (Å²) in [7, 11) is 0. The predicted octanol–water partition coefficient (Wildman–Crippen LogP) is 2.36. The van der Waals surface area contributed by atoms with Crippen LogP contribution in [0.3, 0.4) is 0 Å². The van der Waals surface area contributed by atoms with Crippen LogP contribution in [0, 0.1) is 23.1 Å². The summed E-state index contributed by atoms with van der Waals surface area (Å²) in [6.45, 7) is 0. The van der Waals surface area contributed by atoms with Crippen LogP contribution in [0.15, 0.2) is 6.07 Å². The molecule has 1 heterocycles. The fourth-order valence-corrected chi connectivity index (χ4v) is 0.926. The Balaban J connectivity index is 3.26. The maximum atomic E-state index is 13.0. The van der Waals surface area contributed by atoms with Crippen LogP contribution in [0.1, 0.15) is 17.7 Å². The second-order valence-electron chi connectivity index (χ2n) is 2.44. The highest BCUT2D eigenvalue weighted by atomic mass is 19.3. The lowest BCUT2D eigenvalue weighted by Gasteiger charge is -2.04. The Hall–Kier alpha value is -1.64. The largest absolute Gasteiger partial charge is 0.283 e. The summed E-state index contributed by atoms with van der Waals surface area (Å²) in [5.41, 5.74) is -1.66. The molecule has 14 heavy (non-hydrogen) atoms. The van der Waals surface area contributed by atoms with Crippen molar-refractivity contribution in [3.8, 4) is 6.07 Å². The van der Waals surface area contributed by atoms with Crippen molar-refractivity contribution in [1.29, 1.82) is 5.26 Å². The van der Waals surface area contributed by atoms with Gasteiger partial charge in [0.1, 0.15) is 5.69 Å². The van der Waals surface area contributed by atoms with Gasteiger partial charge in [0.2, 0.25) is 5.95 Å². The minimum Gasteiger partial charge on any atom is -0.216 e. The molecule has 0 radical (unpaired) electrons. The molecule has 0 amide bonds. The highest BCUT2D eigenvalue weighted by Crippen LogP contribution is 2.22. The number of pyridine rings is 1. The highest BCUT2D eigenvalue weighted by molar-refractivity contribution is 5.23. The van der Waals surface area contributed by atoms with Crippen LogP contribution in [0.2, 0.25) is 0 Å². The highest BCUT2D eigenvalue weighted by Gasteiger charge is 2.19. The van der Waals surface area contributed by atoms with Gasteiger partial charge in [-0.05, 0) is 0 Å². The molecule has 0 atom stereocenters. The average molecular weight is 204 g/mol. The smallest absolute Gasteiger partial charge is 0.216 e. The van der Waals surface area contributed by atoms with Crippen molar-refractivity contribution in [2.75, 3.05) is 0 Å². The molecule has 0 saturated carbocycles. The Labute approximate surface area is 76.8 Å². The Morgan fingerprint density at radius 3 is 2.57 bits per heavy atom. The van der Waals surface area contributed by atoms with Crippen LogP contribution in [-0.2, 0) is 6.42 Å². The van der Waals surface area contributed by atoms with Crippen molar-refractivity contribution in [2.24, 2.45) is 0 Å². The first-order valence-corrected chi connectivity index (χ1v) is 3.56. The van der Waals surface area contributed by atoms with E-state index in [1.165, 1.54) is 6.07 Å². The molecule has 2 nitrogen and oxygen atoms in total. The van der Waals surface area contributed by atoms with Crippen LogP contribution < -0.4 is 0 Å². The third kappa shape index (κ3) is 1.99. The standard InChI is InChI=1S/C8H4F4N2/c9-5-3-4(1-2-13)6(10)7(14-5)8(11)12/h3,8H,1H2. The molecule has 6 heteroatoms. The Morgan fingerprint density at radius 2 is 2.07 bits per heavy atom. The molecule has 0 aliphatic rings. The lowest BCUT2D eigenvalue weighted by Crippen LogP contribution is -2.03. The summed E-state index contributed by atoms with van der Waals surface area (Å²) in [5, 5.41) is 8.22. The van der Waals surface area contributed by atoms with Gasteiger partial charge in [-0.2, -0.15) is 9.65 Å². The topological polar surface area (TPSA) is 36.7 Å². The van der Waals surface area contributed by atoms with Gasteiger partial charge in [0.15, 0.2) is 5.82 Å². The second-order valence-corrected chi connectivity index (χ2v) is 2.44. The van der Waals surface area contributed by atoms with Crippen LogP contribution in [-0.4, -0.2) is 4.98 Å². The fourth-order valence-electron chi connectivity index (χ4n) is 0.926. The summed E-state index contributed by atoms with van der Waals surface area (Å²) >= 11 is 0. The second kappa shape index (κ2) is 4.05. The molecule has 0 aliphatic carbocycles. The number of aromatic nitrogens is 1. The molecule has 0 spiro atoms. The van der Waals surface area contributed by atoms with E-state index in [1.807, 2.05) is 0 Å². The van der Waals surface area contributed by atoms with Crippen molar-refractivity contribution in [3.63, 3.8) is 0 Å². The molecule has 0 saturated heterocycles. The summed E-state index contributed by atoms with van der Waals surface area (Å²) in [5.74, 6) is -2.53. The van der Waals surface area contributed by atoms with Crippen LogP contribution in [0.4, 0.5) is 17.6 Å². The first-order chi connectivity index (χ1) is 6.56. The Kier molecular flexibility index (Phi) is 3.02. The maximum Gasteiger partial charge on any atom is 0.283 e. The van der Waals surface area contributed by atoms with Gasteiger partial charge in [-0.25, -0.2) is 18.2 Å². The van der Waals surface area contributed by atoms with Gasteiger partial charge in [0, 0.05) is 11.6 Å². The van der Waals surface area contributed by atoms with Crippen LogP contribution in [0.25, 0.3) is 0 Å². The molecule has 1 aromatic heterocycles.